The van der Waals surface area contributed by atoms with Gasteiger partial charge in [0.25, 0.3) is 0 Å². The van der Waals surface area contributed by atoms with E-state index in [0.717, 1.165) is 16.3 Å². The van der Waals surface area contributed by atoms with Gasteiger partial charge in [-0.05, 0) is 103 Å². The minimum absolute atomic E-state index is 0.178. The summed E-state index contributed by atoms with van der Waals surface area (Å²) in [5.41, 5.74) is 9.27. The van der Waals surface area contributed by atoms with Crippen molar-refractivity contribution in [1.82, 2.24) is 4.40 Å². The summed E-state index contributed by atoms with van der Waals surface area (Å²) in [6.07, 6.45) is 7.25. The fraction of sp³-hybridized carbons (Fsp3) is 0.344. The lowest BCUT2D eigenvalue weighted by atomic mass is 9.71. The molecular weight excluding hydrogens is 431 g/mol. The number of fused-ring (bicyclic) bond motifs is 5. The largest absolute Gasteiger partial charge is 0.307 e. The minimum atomic E-state index is -0.178. The molecule has 1 fully saturated rings. The molecule has 3 aromatic heterocycles. The lowest BCUT2D eigenvalue weighted by Crippen LogP contribution is -2.29. The Morgan fingerprint density at radius 1 is 0.914 bits per heavy atom. The van der Waals surface area contributed by atoms with Gasteiger partial charge in [-0.1, -0.05) is 19.9 Å². The molecule has 0 unspecified atom stereocenters. The Kier molecular flexibility index (Phi) is 4.18. The van der Waals surface area contributed by atoms with Crippen molar-refractivity contribution in [3.63, 3.8) is 0 Å². The highest BCUT2D eigenvalue weighted by molar-refractivity contribution is 6.26. The fourth-order valence-corrected chi connectivity index (χ4v) is 6.87. The topological polar surface area (TPSA) is 8.29 Å². The molecule has 3 heterocycles. The van der Waals surface area contributed by atoms with E-state index in [1.807, 2.05) is 6.07 Å². The van der Waals surface area contributed by atoms with E-state index in [4.69, 9.17) is 0 Å². The lowest BCUT2D eigenvalue weighted by molar-refractivity contribution is -0.643. The fourth-order valence-electron chi connectivity index (χ4n) is 6.87. The highest BCUT2D eigenvalue weighted by atomic mass is 19.1. The first-order valence-corrected chi connectivity index (χ1v) is 12.9. The zero-order chi connectivity index (χ0) is 24.2. The van der Waals surface area contributed by atoms with Crippen LogP contribution in [0.15, 0.2) is 48.7 Å². The molecule has 1 aliphatic rings. The molecule has 3 aromatic carbocycles. The van der Waals surface area contributed by atoms with E-state index in [2.05, 4.69) is 74.2 Å². The van der Waals surface area contributed by atoms with Crippen LogP contribution < -0.4 is 4.57 Å². The summed E-state index contributed by atoms with van der Waals surface area (Å²) in [5.74, 6) is 0.416. The predicted molar refractivity (Wildman–Crippen MR) is 144 cm³/mol. The molecule has 35 heavy (non-hydrogen) atoms. The van der Waals surface area contributed by atoms with Crippen molar-refractivity contribution in [2.75, 3.05) is 0 Å². The van der Waals surface area contributed by atoms with Crippen molar-refractivity contribution in [1.29, 1.82) is 0 Å². The second-order valence-electron chi connectivity index (χ2n) is 11.8. The first-order valence-electron chi connectivity index (χ1n) is 12.9. The Hall–Kier alpha value is -3.20. The third-order valence-electron chi connectivity index (χ3n) is 9.06. The first-order chi connectivity index (χ1) is 16.7. The summed E-state index contributed by atoms with van der Waals surface area (Å²) >= 11 is 0. The van der Waals surface area contributed by atoms with E-state index in [1.165, 1.54) is 75.1 Å². The van der Waals surface area contributed by atoms with Gasteiger partial charge in [0.2, 0.25) is 5.52 Å². The molecule has 0 saturated heterocycles. The number of halogens is 1. The number of aromatic nitrogens is 2. The van der Waals surface area contributed by atoms with Crippen molar-refractivity contribution in [3.8, 4) is 0 Å². The Morgan fingerprint density at radius 3 is 2.46 bits per heavy atom. The summed E-state index contributed by atoms with van der Waals surface area (Å²) in [6, 6.07) is 14.7. The molecule has 3 heteroatoms. The summed E-state index contributed by atoms with van der Waals surface area (Å²) in [6.45, 7) is 9.22. The second kappa shape index (κ2) is 6.94. The van der Waals surface area contributed by atoms with Gasteiger partial charge in [0, 0.05) is 16.8 Å². The molecule has 0 bridgehead atoms. The molecule has 0 N–H and O–H groups in total. The number of aryl methyl sites for hydroxylation is 3. The Labute approximate surface area is 205 Å². The summed E-state index contributed by atoms with van der Waals surface area (Å²) in [7, 11) is 2.15. The van der Waals surface area contributed by atoms with Crippen molar-refractivity contribution in [2.45, 2.75) is 59.3 Å². The van der Waals surface area contributed by atoms with Crippen LogP contribution in [0.1, 0.15) is 62.1 Å². The molecule has 1 aliphatic carbocycles. The lowest BCUT2D eigenvalue weighted by Gasteiger charge is -2.34. The average molecular weight is 464 g/mol. The van der Waals surface area contributed by atoms with Gasteiger partial charge in [-0.3, -0.25) is 0 Å². The maximum absolute atomic E-state index is 14.5. The summed E-state index contributed by atoms with van der Waals surface area (Å²) in [5, 5.41) is 6.03. The van der Waals surface area contributed by atoms with Gasteiger partial charge in [0.05, 0.1) is 27.3 Å². The molecule has 2 nitrogen and oxygen atoms in total. The SMILES string of the molecule is Cc1cc2c3cc(F)ccc3n3c4cc(C5CCC(C)(C)CC5)cc5cc[n+](C)c(c(c1C)c23)c54. The third kappa shape index (κ3) is 2.84. The number of hydrogen-bond acceptors (Lipinski definition) is 0. The van der Waals surface area contributed by atoms with Crippen molar-refractivity contribution >= 4 is 49.0 Å². The van der Waals surface area contributed by atoms with Gasteiger partial charge in [-0.15, -0.1) is 0 Å². The van der Waals surface area contributed by atoms with Crippen molar-refractivity contribution in [2.24, 2.45) is 12.5 Å². The van der Waals surface area contributed by atoms with E-state index in [0.29, 0.717) is 11.3 Å². The Morgan fingerprint density at radius 2 is 1.69 bits per heavy atom. The zero-order valence-corrected chi connectivity index (χ0v) is 21.3. The predicted octanol–water partition coefficient (Wildman–Crippen LogP) is 8.25. The molecule has 7 rings (SSSR count). The molecule has 1 saturated carbocycles. The van der Waals surface area contributed by atoms with E-state index in [9.17, 15) is 4.39 Å². The molecule has 0 aliphatic heterocycles. The molecule has 6 aromatic rings. The van der Waals surface area contributed by atoms with Crippen LogP contribution in [0.4, 0.5) is 4.39 Å². The molecule has 0 amide bonds. The van der Waals surface area contributed by atoms with Gasteiger partial charge in [0.1, 0.15) is 12.9 Å². The van der Waals surface area contributed by atoms with E-state index < -0.39 is 0 Å². The van der Waals surface area contributed by atoms with Crippen LogP contribution in [-0.2, 0) is 7.05 Å². The quantitative estimate of drug-likeness (QED) is 0.132. The average Bonchev–Trinajstić information content (AvgIpc) is 3.13. The van der Waals surface area contributed by atoms with Crippen LogP contribution in [0, 0.1) is 25.1 Å². The van der Waals surface area contributed by atoms with Gasteiger partial charge in [-0.2, -0.15) is 0 Å². The van der Waals surface area contributed by atoms with Crippen LogP contribution in [0.25, 0.3) is 49.0 Å². The maximum Gasteiger partial charge on any atom is 0.224 e. The molecular formula is C32H32FN2+. The Bertz CT molecular complexity index is 1810. The van der Waals surface area contributed by atoms with E-state index >= 15 is 0 Å². The van der Waals surface area contributed by atoms with Gasteiger partial charge in [-0.25, -0.2) is 8.96 Å². The summed E-state index contributed by atoms with van der Waals surface area (Å²) < 4.78 is 19.2. The van der Waals surface area contributed by atoms with E-state index in [1.54, 1.807) is 12.1 Å². The first kappa shape index (κ1) is 21.1. The third-order valence-corrected chi connectivity index (χ3v) is 9.06. The highest BCUT2D eigenvalue weighted by Crippen LogP contribution is 2.46. The monoisotopic (exact) mass is 463 g/mol. The van der Waals surface area contributed by atoms with Crippen LogP contribution in [-0.4, -0.2) is 4.40 Å². The molecule has 0 atom stereocenters. The molecule has 176 valence electrons. The number of pyridine rings is 2. The van der Waals surface area contributed by atoms with Crippen LogP contribution in [0.2, 0.25) is 0 Å². The second-order valence-corrected chi connectivity index (χ2v) is 11.8. The maximum atomic E-state index is 14.5. The molecule has 0 radical (unpaired) electrons. The minimum Gasteiger partial charge on any atom is -0.307 e. The normalized spacial score (nSPS) is 17.1. The van der Waals surface area contributed by atoms with Gasteiger partial charge < -0.3 is 4.40 Å². The van der Waals surface area contributed by atoms with Gasteiger partial charge >= 0.3 is 0 Å². The standard InChI is InChI=1S/C32H32FN2/c1-18-14-25-24-17-23(33)6-7-26(24)35-27-16-22(20-8-11-32(3,4)12-9-20)15-21-10-13-34(5)31(29(21)27)28(19(18)2)30(25)35/h6-7,10,13-17,20H,8-9,11-12H2,1-5H3/q+1. The molecule has 0 spiro atoms. The van der Waals surface area contributed by atoms with Gasteiger partial charge in [0.15, 0.2) is 6.20 Å². The number of rotatable bonds is 1. The smallest absolute Gasteiger partial charge is 0.224 e. The number of benzene rings is 3. The number of nitrogens with zero attached hydrogens (tertiary/aromatic N) is 2. The van der Waals surface area contributed by atoms with Crippen LogP contribution in [0.5, 0.6) is 0 Å². The highest BCUT2D eigenvalue weighted by Gasteiger charge is 2.30. The van der Waals surface area contributed by atoms with E-state index in [-0.39, 0.29) is 5.82 Å². The zero-order valence-electron chi connectivity index (χ0n) is 21.3. The summed E-state index contributed by atoms with van der Waals surface area (Å²) in [4.78, 5) is 0. The van der Waals surface area contributed by atoms with Crippen molar-refractivity contribution < 1.29 is 8.96 Å². The van der Waals surface area contributed by atoms with Crippen LogP contribution >= 0.6 is 0 Å². The Balaban J connectivity index is 1.70. The van der Waals surface area contributed by atoms with Crippen LogP contribution in [0.3, 0.4) is 0 Å². The number of hydrogen-bond donors (Lipinski definition) is 0. The van der Waals surface area contributed by atoms with Crippen molar-refractivity contribution in [3.05, 3.63) is 71.2 Å².